The number of hydrogen-bond acceptors (Lipinski definition) is 2. The van der Waals surface area contributed by atoms with Gasteiger partial charge in [0.2, 0.25) is 0 Å². The van der Waals surface area contributed by atoms with Crippen molar-refractivity contribution in [3.63, 3.8) is 0 Å². The third-order valence-electron chi connectivity index (χ3n) is 8.78. The van der Waals surface area contributed by atoms with E-state index in [4.69, 9.17) is 11.5 Å². The Balaban J connectivity index is 0.000000189. The van der Waals surface area contributed by atoms with Crippen molar-refractivity contribution in [3.8, 4) is 33.4 Å². The van der Waals surface area contributed by atoms with Crippen LogP contribution in [0.5, 0.6) is 0 Å². The van der Waals surface area contributed by atoms with Gasteiger partial charge in [0.25, 0.3) is 0 Å². The SMILES string of the molecule is CC1(C)c2ccccc2-c2ccc(-c3cccc(-c4cccc(CN)c4)c3)cc21.N/C(=C\Cc1ccccc1)c1ccccc1. The van der Waals surface area contributed by atoms with Crippen molar-refractivity contribution < 1.29 is 0 Å². The van der Waals surface area contributed by atoms with Crippen LogP contribution in [0.15, 0.2) is 158 Å². The molecule has 6 aromatic rings. The summed E-state index contributed by atoms with van der Waals surface area (Å²) in [5.41, 5.74) is 26.7. The van der Waals surface area contributed by atoms with Crippen molar-refractivity contribution >= 4 is 5.70 Å². The second-order valence-electron chi connectivity index (χ2n) is 12.1. The largest absolute Gasteiger partial charge is 0.398 e. The normalized spacial score (nSPS) is 12.9. The number of nitrogens with two attached hydrogens (primary N) is 2. The first-order valence-corrected chi connectivity index (χ1v) is 15.6. The summed E-state index contributed by atoms with van der Waals surface area (Å²) in [7, 11) is 0. The Morgan fingerprint density at radius 3 is 1.80 bits per heavy atom. The van der Waals surface area contributed by atoms with Crippen molar-refractivity contribution in [3.05, 3.63) is 186 Å². The van der Waals surface area contributed by atoms with Gasteiger partial charge in [-0.1, -0.05) is 153 Å². The monoisotopic (exact) mass is 584 g/mol. The van der Waals surface area contributed by atoms with Crippen LogP contribution in [0.2, 0.25) is 0 Å². The molecule has 2 nitrogen and oxygen atoms in total. The summed E-state index contributed by atoms with van der Waals surface area (Å²) in [5, 5.41) is 0. The second-order valence-corrected chi connectivity index (χ2v) is 12.1. The van der Waals surface area contributed by atoms with Crippen LogP contribution in [-0.2, 0) is 18.4 Å². The Bertz CT molecular complexity index is 1930. The first kappa shape index (κ1) is 29.9. The van der Waals surface area contributed by atoms with E-state index in [0.29, 0.717) is 6.54 Å². The van der Waals surface area contributed by atoms with Gasteiger partial charge in [0.05, 0.1) is 0 Å². The zero-order valence-corrected chi connectivity index (χ0v) is 26.1. The molecule has 0 radical (unpaired) electrons. The fourth-order valence-corrected chi connectivity index (χ4v) is 6.23. The van der Waals surface area contributed by atoms with E-state index in [9.17, 15) is 0 Å². The highest BCUT2D eigenvalue weighted by Gasteiger charge is 2.35. The molecule has 0 saturated carbocycles. The van der Waals surface area contributed by atoms with Gasteiger partial charge in [-0.15, -0.1) is 0 Å². The Kier molecular flexibility index (Phi) is 8.77. The van der Waals surface area contributed by atoms with Crippen LogP contribution in [-0.4, -0.2) is 0 Å². The lowest BCUT2D eigenvalue weighted by Gasteiger charge is -2.22. The lowest BCUT2D eigenvalue weighted by atomic mass is 9.81. The van der Waals surface area contributed by atoms with E-state index in [2.05, 4.69) is 123 Å². The summed E-state index contributed by atoms with van der Waals surface area (Å²) in [6.07, 6.45) is 2.94. The van der Waals surface area contributed by atoms with Crippen LogP contribution in [0.1, 0.15) is 41.7 Å². The van der Waals surface area contributed by atoms with E-state index < -0.39 is 0 Å². The molecule has 4 N–H and O–H groups in total. The summed E-state index contributed by atoms with van der Waals surface area (Å²) in [6, 6.07) is 53.4. The lowest BCUT2D eigenvalue weighted by molar-refractivity contribution is 0.660. The molecular formula is C43H40N2. The van der Waals surface area contributed by atoms with Crippen molar-refractivity contribution in [1.29, 1.82) is 0 Å². The molecule has 0 bridgehead atoms. The van der Waals surface area contributed by atoms with Crippen LogP contribution >= 0.6 is 0 Å². The fraction of sp³-hybridized carbons (Fsp3) is 0.116. The molecule has 1 aliphatic rings. The topological polar surface area (TPSA) is 52.0 Å². The minimum atomic E-state index is 0.0228. The quantitative estimate of drug-likeness (QED) is 0.205. The molecule has 0 aromatic heterocycles. The van der Waals surface area contributed by atoms with Gasteiger partial charge in [0.15, 0.2) is 0 Å². The fourth-order valence-electron chi connectivity index (χ4n) is 6.23. The Hall–Kier alpha value is -5.18. The van der Waals surface area contributed by atoms with E-state index in [1.807, 2.05) is 48.5 Å². The highest BCUT2D eigenvalue weighted by atomic mass is 14.6. The van der Waals surface area contributed by atoms with Crippen LogP contribution < -0.4 is 11.5 Å². The first-order chi connectivity index (χ1) is 21.9. The molecule has 0 atom stereocenters. The molecule has 222 valence electrons. The predicted molar refractivity (Wildman–Crippen MR) is 192 cm³/mol. The third-order valence-corrected chi connectivity index (χ3v) is 8.78. The van der Waals surface area contributed by atoms with Crippen molar-refractivity contribution in [1.82, 2.24) is 0 Å². The lowest BCUT2D eigenvalue weighted by Crippen LogP contribution is -2.14. The minimum Gasteiger partial charge on any atom is -0.398 e. The van der Waals surface area contributed by atoms with E-state index in [1.54, 1.807) is 0 Å². The molecule has 0 heterocycles. The van der Waals surface area contributed by atoms with Gasteiger partial charge in [0, 0.05) is 17.7 Å². The Morgan fingerprint density at radius 1 is 0.533 bits per heavy atom. The van der Waals surface area contributed by atoms with Gasteiger partial charge in [-0.2, -0.15) is 0 Å². The molecule has 7 rings (SSSR count). The van der Waals surface area contributed by atoms with Crippen LogP contribution in [0, 0.1) is 0 Å². The molecule has 1 aliphatic carbocycles. The highest BCUT2D eigenvalue weighted by Crippen LogP contribution is 2.49. The maximum absolute atomic E-state index is 6.00. The summed E-state index contributed by atoms with van der Waals surface area (Å²) >= 11 is 0. The first-order valence-electron chi connectivity index (χ1n) is 15.6. The Morgan fingerprint density at radius 2 is 1.09 bits per heavy atom. The zero-order chi connectivity index (χ0) is 31.2. The summed E-state index contributed by atoms with van der Waals surface area (Å²) in [5.74, 6) is 0. The summed E-state index contributed by atoms with van der Waals surface area (Å²) < 4.78 is 0. The van der Waals surface area contributed by atoms with Gasteiger partial charge < -0.3 is 11.5 Å². The smallest absolute Gasteiger partial charge is 0.0350 e. The maximum atomic E-state index is 6.00. The average molecular weight is 585 g/mol. The van der Waals surface area contributed by atoms with Crippen LogP contribution in [0.4, 0.5) is 0 Å². The van der Waals surface area contributed by atoms with Gasteiger partial charge >= 0.3 is 0 Å². The summed E-state index contributed by atoms with van der Waals surface area (Å²) in [6.45, 7) is 5.22. The molecule has 6 aromatic carbocycles. The average Bonchev–Trinajstić information content (AvgIpc) is 3.34. The number of rotatable bonds is 6. The number of benzene rings is 6. The number of hydrogen-bond donors (Lipinski definition) is 2. The Labute approximate surface area is 267 Å². The summed E-state index contributed by atoms with van der Waals surface area (Å²) in [4.78, 5) is 0. The van der Waals surface area contributed by atoms with E-state index in [-0.39, 0.29) is 5.41 Å². The molecule has 2 heteroatoms. The molecule has 0 fully saturated rings. The molecule has 45 heavy (non-hydrogen) atoms. The van der Waals surface area contributed by atoms with Crippen LogP contribution in [0.25, 0.3) is 39.1 Å². The standard InChI is InChI=1S/C28H25N.C15H15N/c1-28(2)26-12-4-3-11-24(26)25-14-13-23(17-27(25)28)22-10-6-9-21(16-22)20-8-5-7-19(15-20)18-29;16-15(14-9-5-2-6-10-14)12-11-13-7-3-1-4-8-13/h3-17H,18,29H2,1-2H3;1-10,12H,11,16H2/b;15-12-. The van der Waals surface area contributed by atoms with Crippen molar-refractivity contribution in [2.75, 3.05) is 0 Å². The van der Waals surface area contributed by atoms with Gasteiger partial charge in [-0.05, 0) is 85.8 Å². The van der Waals surface area contributed by atoms with Gasteiger partial charge in [0.1, 0.15) is 0 Å². The molecule has 0 amide bonds. The predicted octanol–water partition coefficient (Wildman–Crippen LogP) is 10.0. The molecular weight excluding hydrogens is 544 g/mol. The number of fused-ring (bicyclic) bond motifs is 3. The van der Waals surface area contributed by atoms with E-state index in [1.165, 1.54) is 50.1 Å². The van der Waals surface area contributed by atoms with Crippen LogP contribution in [0.3, 0.4) is 0 Å². The molecule has 0 saturated heterocycles. The third kappa shape index (κ3) is 6.52. The highest BCUT2D eigenvalue weighted by molar-refractivity contribution is 5.84. The van der Waals surface area contributed by atoms with Gasteiger partial charge in [-0.25, -0.2) is 0 Å². The molecule has 0 unspecified atom stereocenters. The zero-order valence-electron chi connectivity index (χ0n) is 26.1. The van der Waals surface area contributed by atoms with Gasteiger partial charge in [-0.3, -0.25) is 0 Å². The number of allylic oxidation sites excluding steroid dienone is 1. The van der Waals surface area contributed by atoms with Crippen molar-refractivity contribution in [2.45, 2.75) is 32.2 Å². The second kappa shape index (κ2) is 13.2. The minimum absolute atomic E-state index is 0.0228. The maximum Gasteiger partial charge on any atom is 0.0350 e. The molecule has 0 aliphatic heterocycles. The molecule has 0 spiro atoms. The van der Waals surface area contributed by atoms with Crippen molar-refractivity contribution in [2.24, 2.45) is 11.5 Å². The van der Waals surface area contributed by atoms with E-state index in [0.717, 1.165) is 23.2 Å². The van der Waals surface area contributed by atoms with E-state index >= 15 is 0 Å².